The van der Waals surface area contributed by atoms with E-state index in [0.717, 1.165) is 12.1 Å². The van der Waals surface area contributed by atoms with Crippen molar-refractivity contribution in [2.24, 2.45) is 0 Å². The van der Waals surface area contributed by atoms with Crippen LogP contribution in [-0.4, -0.2) is 70.3 Å². The maximum Gasteiger partial charge on any atom is 0.256 e. The number of amides is 1. The number of hydrogen-bond donors (Lipinski definition) is 3. The summed E-state index contributed by atoms with van der Waals surface area (Å²) < 4.78 is 42.7. The van der Waals surface area contributed by atoms with Crippen LogP contribution in [0.5, 0.6) is 0 Å². The topological polar surface area (TPSA) is 76.0 Å². The quantitative estimate of drug-likeness (QED) is 0.673. The summed E-state index contributed by atoms with van der Waals surface area (Å²) in [7, 11) is 0. The van der Waals surface area contributed by atoms with Crippen LogP contribution in [0, 0.1) is 24.4 Å². The molecule has 1 atom stereocenters. The van der Waals surface area contributed by atoms with Crippen molar-refractivity contribution in [2.75, 3.05) is 38.0 Å². The molecule has 0 saturated carbocycles. The average molecular weight is 435 g/mol. The number of anilines is 2. The van der Waals surface area contributed by atoms with Gasteiger partial charge >= 0.3 is 0 Å². The smallest absolute Gasteiger partial charge is 0.256 e. The number of β-amino-alcohol motifs (C(OH)–C–C–N with tert-alkyl or cyclic N) is 2. The number of aliphatic hydroxyl groups excluding tert-OH is 1. The minimum Gasteiger partial charge on any atom is -0.392 e. The lowest BCUT2D eigenvalue weighted by Gasteiger charge is -2.48. The van der Waals surface area contributed by atoms with Gasteiger partial charge < -0.3 is 20.4 Å². The molecule has 2 aromatic rings. The Labute approximate surface area is 177 Å². The van der Waals surface area contributed by atoms with Crippen LogP contribution in [-0.2, 0) is 0 Å². The molecule has 6 nitrogen and oxygen atoms in total. The zero-order valence-corrected chi connectivity index (χ0v) is 17.0. The summed E-state index contributed by atoms with van der Waals surface area (Å²) in [6.07, 6.45) is 0.220. The van der Waals surface area contributed by atoms with E-state index in [2.05, 4.69) is 5.32 Å². The summed E-state index contributed by atoms with van der Waals surface area (Å²) in [5.74, 6) is -3.71. The van der Waals surface area contributed by atoms with Crippen LogP contribution in [0.25, 0.3) is 0 Å². The highest BCUT2D eigenvalue weighted by Gasteiger charge is 2.46. The second kappa shape index (κ2) is 8.14. The molecule has 1 unspecified atom stereocenters. The first-order chi connectivity index (χ1) is 14.6. The molecule has 31 heavy (non-hydrogen) atoms. The number of rotatable bonds is 5. The van der Waals surface area contributed by atoms with Crippen molar-refractivity contribution in [1.82, 2.24) is 9.80 Å². The fourth-order valence-corrected chi connectivity index (χ4v) is 4.16. The molecule has 2 heterocycles. The Morgan fingerprint density at radius 2 is 1.94 bits per heavy atom. The zero-order chi connectivity index (χ0) is 22.3. The van der Waals surface area contributed by atoms with E-state index in [-0.39, 0.29) is 24.3 Å². The maximum absolute atomic E-state index is 14.6. The standard InChI is InChI=1S/C22H24F3N3O3/c1-13-2-5-18(17(24)8-13)26-20-15(3-4-16(23)19(20)25)21(30)28-11-22(31,12-28)10-27-7-6-14(29)9-27/h2-5,8,14,26,29,31H,6-7,9-12H2,1H3. The number of carbonyl (C=O) groups excluding carboxylic acids is 1. The number of nitrogens with one attached hydrogen (secondary N) is 1. The average Bonchev–Trinajstić information content (AvgIpc) is 3.09. The Morgan fingerprint density at radius 3 is 2.58 bits per heavy atom. The van der Waals surface area contributed by atoms with Gasteiger partial charge in [-0.2, -0.15) is 0 Å². The van der Waals surface area contributed by atoms with E-state index in [4.69, 9.17) is 0 Å². The Kier molecular flexibility index (Phi) is 5.67. The Hall–Kier alpha value is -2.62. The van der Waals surface area contributed by atoms with E-state index in [0.29, 0.717) is 31.6 Å². The summed E-state index contributed by atoms with van der Waals surface area (Å²) in [5, 5.41) is 22.8. The van der Waals surface area contributed by atoms with Gasteiger partial charge in [-0.1, -0.05) is 6.07 Å². The predicted octanol–water partition coefficient (Wildman–Crippen LogP) is 2.41. The number of halogens is 3. The molecule has 0 aliphatic carbocycles. The Bertz CT molecular complexity index is 1010. The molecule has 3 N–H and O–H groups in total. The van der Waals surface area contributed by atoms with Crippen molar-refractivity contribution < 1.29 is 28.2 Å². The van der Waals surface area contributed by atoms with Crippen molar-refractivity contribution in [1.29, 1.82) is 0 Å². The molecule has 2 aliphatic heterocycles. The molecule has 2 fully saturated rings. The minimum absolute atomic E-state index is 0.0236. The van der Waals surface area contributed by atoms with Crippen molar-refractivity contribution in [3.05, 3.63) is 58.9 Å². The van der Waals surface area contributed by atoms with Gasteiger partial charge in [0.25, 0.3) is 5.91 Å². The molecule has 2 saturated heterocycles. The molecule has 1 amide bonds. The summed E-state index contributed by atoms with van der Waals surface area (Å²) in [6, 6.07) is 6.22. The van der Waals surface area contributed by atoms with E-state index in [1.807, 2.05) is 4.90 Å². The molecule has 4 rings (SSSR count). The lowest BCUT2D eigenvalue weighted by molar-refractivity contribution is -0.0958. The molecule has 2 aromatic carbocycles. The third-order valence-corrected chi connectivity index (χ3v) is 5.73. The molecule has 0 aromatic heterocycles. The number of nitrogens with zero attached hydrogens (tertiary/aromatic N) is 2. The fourth-order valence-electron chi connectivity index (χ4n) is 4.16. The van der Waals surface area contributed by atoms with E-state index >= 15 is 0 Å². The van der Waals surface area contributed by atoms with E-state index in [9.17, 15) is 28.2 Å². The van der Waals surface area contributed by atoms with Gasteiger partial charge in [0.1, 0.15) is 11.4 Å². The highest BCUT2D eigenvalue weighted by molar-refractivity contribution is 6.01. The van der Waals surface area contributed by atoms with Gasteiger partial charge in [-0.25, -0.2) is 13.2 Å². The highest BCUT2D eigenvalue weighted by atomic mass is 19.2. The molecule has 0 radical (unpaired) electrons. The van der Waals surface area contributed by atoms with Crippen molar-refractivity contribution in [3.63, 3.8) is 0 Å². The number of carbonyl (C=O) groups is 1. The van der Waals surface area contributed by atoms with Gasteiger partial charge in [0.05, 0.1) is 36.1 Å². The number of aliphatic hydroxyl groups is 2. The second-order valence-corrected chi connectivity index (χ2v) is 8.46. The Balaban J connectivity index is 1.52. The largest absolute Gasteiger partial charge is 0.392 e. The van der Waals surface area contributed by atoms with E-state index in [1.54, 1.807) is 13.0 Å². The van der Waals surface area contributed by atoms with Crippen molar-refractivity contribution in [2.45, 2.75) is 25.0 Å². The number of hydrogen-bond acceptors (Lipinski definition) is 5. The van der Waals surface area contributed by atoms with Crippen LogP contribution in [0.3, 0.4) is 0 Å². The monoisotopic (exact) mass is 435 g/mol. The van der Waals surface area contributed by atoms with Crippen molar-refractivity contribution >= 4 is 17.3 Å². The van der Waals surface area contributed by atoms with Crippen LogP contribution in [0.4, 0.5) is 24.5 Å². The summed E-state index contributed by atoms with van der Waals surface area (Å²) >= 11 is 0. The summed E-state index contributed by atoms with van der Waals surface area (Å²) in [5.41, 5.74) is -1.17. The zero-order valence-electron chi connectivity index (χ0n) is 17.0. The van der Waals surface area contributed by atoms with Crippen LogP contribution in [0.15, 0.2) is 30.3 Å². The van der Waals surface area contributed by atoms with Crippen LogP contribution in [0.2, 0.25) is 0 Å². The third-order valence-electron chi connectivity index (χ3n) is 5.73. The van der Waals surface area contributed by atoms with Gasteiger partial charge in [0.15, 0.2) is 11.6 Å². The molecular weight excluding hydrogens is 411 g/mol. The van der Waals surface area contributed by atoms with Gasteiger partial charge in [0, 0.05) is 19.6 Å². The predicted molar refractivity (Wildman–Crippen MR) is 109 cm³/mol. The highest BCUT2D eigenvalue weighted by Crippen LogP contribution is 2.32. The molecule has 0 bridgehead atoms. The SMILES string of the molecule is Cc1ccc(Nc2c(C(=O)N3CC(O)(CN4CCC(O)C4)C3)ccc(F)c2F)c(F)c1. The maximum atomic E-state index is 14.6. The van der Waals surface area contributed by atoms with E-state index in [1.165, 1.54) is 17.0 Å². The van der Waals surface area contributed by atoms with Gasteiger partial charge in [-0.05, 0) is 43.2 Å². The fraction of sp³-hybridized carbons (Fsp3) is 0.409. The lowest BCUT2D eigenvalue weighted by atomic mass is 9.92. The van der Waals surface area contributed by atoms with Crippen LogP contribution in [0.1, 0.15) is 22.3 Å². The van der Waals surface area contributed by atoms with Gasteiger partial charge in [-0.3, -0.25) is 9.69 Å². The molecule has 2 aliphatic rings. The third kappa shape index (κ3) is 4.39. The number of likely N-dealkylation sites (tertiary alicyclic amines) is 2. The van der Waals surface area contributed by atoms with E-state index < -0.39 is 40.8 Å². The molecular formula is C22H24F3N3O3. The normalized spacial score (nSPS) is 20.6. The summed E-state index contributed by atoms with van der Waals surface area (Å²) in [4.78, 5) is 16.2. The number of aryl methyl sites for hydroxylation is 1. The molecule has 9 heteroatoms. The van der Waals surface area contributed by atoms with Crippen molar-refractivity contribution in [3.8, 4) is 0 Å². The number of benzene rings is 2. The minimum atomic E-state index is -1.28. The Morgan fingerprint density at radius 1 is 1.19 bits per heavy atom. The first-order valence-corrected chi connectivity index (χ1v) is 10.1. The van der Waals surface area contributed by atoms with Gasteiger partial charge in [0.2, 0.25) is 0 Å². The molecule has 166 valence electrons. The van der Waals surface area contributed by atoms with Crippen LogP contribution < -0.4 is 5.32 Å². The summed E-state index contributed by atoms with van der Waals surface area (Å²) in [6.45, 7) is 3.18. The molecule has 0 spiro atoms. The van der Waals surface area contributed by atoms with Crippen LogP contribution >= 0.6 is 0 Å². The first-order valence-electron chi connectivity index (χ1n) is 10.1. The second-order valence-electron chi connectivity index (χ2n) is 8.46. The first kappa shape index (κ1) is 21.6. The lowest BCUT2D eigenvalue weighted by Crippen LogP contribution is -2.67. The van der Waals surface area contributed by atoms with Gasteiger partial charge in [-0.15, -0.1) is 0 Å².